The monoisotopic (exact) mass is 233 g/mol. The Hall–Kier alpha value is -1.59. The fourth-order valence-corrected chi connectivity index (χ4v) is 1.20. The van der Waals surface area contributed by atoms with Crippen LogP contribution in [0.4, 0.5) is 13.2 Å². The molecule has 1 heterocycles. The van der Waals surface area contributed by atoms with E-state index in [0.717, 1.165) is 12.3 Å². The summed E-state index contributed by atoms with van der Waals surface area (Å²) in [5.74, 6) is -1.63. The van der Waals surface area contributed by atoms with Crippen molar-refractivity contribution in [1.29, 1.82) is 0 Å². The highest BCUT2D eigenvalue weighted by Gasteiger charge is 2.20. The number of pyridine rings is 1. The Labute approximate surface area is 90.2 Å². The third kappa shape index (κ3) is 2.95. The van der Waals surface area contributed by atoms with Gasteiger partial charge in [-0.15, -0.1) is 0 Å². The molecule has 16 heavy (non-hydrogen) atoms. The number of carbonyl (C=O) groups is 1. The van der Waals surface area contributed by atoms with Gasteiger partial charge in [0.25, 0.3) is 6.43 Å². The Morgan fingerprint density at radius 1 is 1.56 bits per heavy atom. The number of alkyl halides is 2. The fraction of sp³-hybridized carbons (Fsp3) is 0.400. The molecule has 88 valence electrons. The van der Waals surface area contributed by atoms with Crippen LogP contribution < -0.4 is 0 Å². The number of hydrogen-bond donors (Lipinski definition) is 0. The fourth-order valence-electron chi connectivity index (χ4n) is 1.20. The SMILES string of the molecule is CCOC(=O)Cc1c(F)ccnc1C(F)F. The predicted octanol–water partition coefficient (Wildman–Crippen LogP) is 2.26. The predicted molar refractivity (Wildman–Crippen MR) is 49.5 cm³/mol. The second-order valence-corrected chi connectivity index (χ2v) is 2.94. The van der Waals surface area contributed by atoms with Crippen LogP contribution in [0.5, 0.6) is 0 Å². The van der Waals surface area contributed by atoms with Gasteiger partial charge in [0.2, 0.25) is 0 Å². The van der Waals surface area contributed by atoms with E-state index in [1.807, 2.05) is 0 Å². The number of ether oxygens (including phenoxy) is 1. The highest BCUT2D eigenvalue weighted by Crippen LogP contribution is 2.23. The molecule has 0 amide bonds. The second-order valence-electron chi connectivity index (χ2n) is 2.94. The summed E-state index contributed by atoms with van der Waals surface area (Å²) in [7, 11) is 0. The quantitative estimate of drug-likeness (QED) is 0.749. The van der Waals surface area contributed by atoms with Crippen molar-refractivity contribution in [2.45, 2.75) is 19.8 Å². The van der Waals surface area contributed by atoms with Gasteiger partial charge < -0.3 is 4.74 Å². The maximum absolute atomic E-state index is 13.2. The van der Waals surface area contributed by atoms with Crippen molar-refractivity contribution < 1.29 is 22.7 Å². The summed E-state index contributed by atoms with van der Waals surface area (Å²) in [6.07, 6.45) is -2.52. The molecule has 0 N–H and O–H groups in total. The van der Waals surface area contributed by atoms with E-state index in [-0.39, 0.29) is 6.61 Å². The van der Waals surface area contributed by atoms with Gasteiger partial charge in [-0.3, -0.25) is 9.78 Å². The highest BCUT2D eigenvalue weighted by atomic mass is 19.3. The van der Waals surface area contributed by atoms with E-state index >= 15 is 0 Å². The van der Waals surface area contributed by atoms with Crippen molar-refractivity contribution in [2.24, 2.45) is 0 Å². The van der Waals surface area contributed by atoms with Crippen LogP contribution in [0.2, 0.25) is 0 Å². The topological polar surface area (TPSA) is 39.2 Å². The number of aromatic nitrogens is 1. The van der Waals surface area contributed by atoms with Gasteiger partial charge in [0.05, 0.1) is 13.0 Å². The number of rotatable bonds is 4. The molecule has 0 saturated heterocycles. The lowest BCUT2D eigenvalue weighted by molar-refractivity contribution is -0.142. The number of nitrogens with zero attached hydrogens (tertiary/aromatic N) is 1. The van der Waals surface area contributed by atoms with Gasteiger partial charge in [-0.1, -0.05) is 0 Å². The van der Waals surface area contributed by atoms with Crippen LogP contribution in [0.3, 0.4) is 0 Å². The molecule has 0 aromatic carbocycles. The first-order valence-electron chi connectivity index (χ1n) is 4.63. The minimum atomic E-state index is -2.92. The van der Waals surface area contributed by atoms with Crippen molar-refractivity contribution >= 4 is 5.97 Å². The average molecular weight is 233 g/mol. The zero-order chi connectivity index (χ0) is 12.1. The standard InChI is InChI=1S/C10H10F3NO2/c1-2-16-8(15)5-6-7(11)3-4-14-9(6)10(12)13/h3-4,10H,2,5H2,1H3. The lowest BCUT2D eigenvalue weighted by Crippen LogP contribution is -2.12. The van der Waals surface area contributed by atoms with Gasteiger partial charge in [-0.2, -0.15) is 0 Å². The average Bonchev–Trinajstić information content (AvgIpc) is 2.21. The smallest absolute Gasteiger partial charge is 0.310 e. The summed E-state index contributed by atoms with van der Waals surface area (Å²) in [4.78, 5) is 14.4. The van der Waals surface area contributed by atoms with E-state index in [0.29, 0.717) is 0 Å². The largest absolute Gasteiger partial charge is 0.466 e. The molecule has 0 bridgehead atoms. The molecule has 0 aliphatic heterocycles. The Morgan fingerprint density at radius 3 is 2.81 bits per heavy atom. The van der Waals surface area contributed by atoms with Gasteiger partial charge in [-0.25, -0.2) is 13.2 Å². The van der Waals surface area contributed by atoms with E-state index in [1.165, 1.54) is 0 Å². The molecule has 1 aromatic rings. The summed E-state index contributed by atoms with van der Waals surface area (Å²) >= 11 is 0. The van der Waals surface area contributed by atoms with Crippen LogP contribution in [0.25, 0.3) is 0 Å². The summed E-state index contributed by atoms with van der Waals surface area (Å²) in [5, 5.41) is 0. The zero-order valence-corrected chi connectivity index (χ0v) is 8.54. The Morgan fingerprint density at radius 2 is 2.25 bits per heavy atom. The molecule has 0 aliphatic rings. The molecular formula is C10H10F3NO2. The maximum atomic E-state index is 13.2. The van der Waals surface area contributed by atoms with Crippen molar-refractivity contribution in [3.05, 3.63) is 29.3 Å². The molecule has 0 atom stereocenters. The van der Waals surface area contributed by atoms with Crippen LogP contribution in [0, 0.1) is 5.82 Å². The first kappa shape index (κ1) is 12.5. The molecule has 0 radical (unpaired) electrons. The third-order valence-electron chi connectivity index (χ3n) is 1.87. The van der Waals surface area contributed by atoms with Crippen molar-refractivity contribution in [3.63, 3.8) is 0 Å². The Kier molecular flexibility index (Phi) is 4.28. The van der Waals surface area contributed by atoms with Crippen LogP contribution in [-0.2, 0) is 16.0 Å². The molecule has 1 rings (SSSR count). The normalized spacial score (nSPS) is 10.6. The van der Waals surface area contributed by atoms with E-state index in [9.17, 15) is 18.0 Å². The molecule has 0 aliphatic carbocycles. The van der Waals surface area contributed by atoms with Crippen LogP contribution >= 0.6 is 0 Å². The Bertz CT molecular complexity index is 382. The van der Waals surface area contributed by atoms with Crippen LogP contribution in [0.1, 0.15) is 24.6 Å². The third-order valence-corrected chi connectivity index (χ3v) is 1.87. The number of hydrogen-bond acceptors (Lipinski definition) is 3. The van der Waals surface area contributed by atoms with E-state index < -0.39 is 35.9 Å². The van der Waals surface area contributed by atoms with Crippen molar-refractivity contribution in [1.82, 2.24) is 4.98 Å². The van der Waals surface area contributed by atoms with Crippen LogP contribution in [0.15, 0.2) is 12.3 Å². The number of carbonyl (C=O) groups excluding carboxylic acids is 1. The summed E-state index contributed by atoms with van der Waals surface area (Å²) < 4.78 is 42.7. The molecule has 0 unspecified atom stereocenters. The van der Waals surface area contributed by atoms with Gasteiger partial charge >= 0.3 is 5.97 Å². The lowest BCUT2D eigenvalue weighted by atomic mass is 10.1. The van der Waals surface area contributed by atoms with Gasteiger partial charge in [0.1, 0.15) is 11.5 Å². The molecule has 3 nitrogen and oxygen atoms in total. The minimum Gasteiger partial charge on any atom is -0.466 e. The number of halogens is 3. The summed E-state index contributed by atoms with van der Waals surface area (Å²) in [6, 6.07) is 0.931. The zero-order valence-electron chi connectivity index (χ0n) is 8.54. The van der Waals surface area contributed by atoms with Crippen molar-refractivity contribution in [2.75, 3.05) is 6.61 Å². The minimum absolute atomic E-state index is 0.116. The van der Waals surface area contributed by atoms with Gasteiger partial charge in [0, 0.05) is 11.8 Å². The molecule has 0 fully saturated rings. The highest BCUT2D eigenvalue weighted by molar-refractivity contribution is 5.72. The summed E-state index contributed by atoms with van der Waals surface area (Å²) in [5.41, 5.74) is -1.12. The number of esters is 1. The van der Waals surface area contributed by atoms with E-state index in [4.69, 9.17) is 0 Å². The van der Waals surface area contributed by atoms with E-state index in [2.05, 4.69) is 9.72 Å². The van der Waals surface area contributed by atoms with Crippen LogP contribution in [-0.4, -0.2) is 17.6 Å². The van der Waals surface area contributed by atoms with Crippen molar-refractivity contribution in [3.8, 4) is 0 Å². The lowest BCUT2D eigenvalue weighted by Gasteiger charge is -2.08. The second kappa shape index (κ2) is 5.48. The maximum Gasteiger partial charge on any atom is 0.310 e. The molecule has 0 spiro atoms. The first-order chi connectivity index (χ1) is 7.56. The summed E-state index contributed by atoms with van der Waals surface area (Å²) in [6.45, 7) is 1.69. The van der Waals surface area contributed by atoms with Gasteiger partial charge in [-0.05, 0) is 13.0 Å². The van der Waals surface area contributed by atoms with E-state index in [1.54, 1.807) is 6.92 Å². The Balaban J connectivity index is 2.97. The molecular weight excluding hydrogens is 223 g/mol. The van der Waals surface area contributed by atoms with Gasteiger partial charge in [0.15, 0.2) is 0 Å². The molecule has 1 aromatic heterocycles. The molecule has 6 heteroatoms. The molecule has 0 saturated carbocycles. The first-order valence-corrected chi connectivity index (χ1v) is 4.63.